The summed E-state index contributed by atoms with van der Waals surface area (Å²) in [6, 6.07) is 5.50. The lowest BCUT2D eigenvalue weighted by Crippen LogP contribution is -2.36. The number of allylic oxidation sites excluding steroid dienone is 4. The third-order valence-electron chi connectivity index (χ3n) is 5.76. The molecule has 2 aliphatic heterocycles. The van der Waals surface area contributed by atoms with E-state index in [1.54, 1.807) is 13.0 Å². The fraction of sp³-hybridized carbons (Fsp3) is 0.304. The van der Waals surface area contributed by atoms with E-state index in [1.807, 2.05) is 49.4 Å². The van der Waals surface area contributed by atoms with Gasteiger partial charge in [-0.2, -0.15) is 0 Å². The third-order valence-corrected chi connectivity index (χ3v) is 6.27. The summed E-state index contributed by atoms with van der Waals surface area (Å²) < 4.78 is 5.22. The van der Waals surface area contributed by atoms with E-state index in [0.717, 1.165) is 16.8 Å². The van der Waals surface area contributed by atoms with Crippen molar-refractivity contribution in [3.63, 3.8) is 0 Å². The highest BCUT2D eigenvalue weighted by Gasteiger charge is 2.52. The molecule has 29 heavy (non-hydrogen) atoms. The number of ether oxygens (including phenoxy) is 1. The summed E-state index contributed by atoms with van der Waals surface area (Å²) in [7, 11) is 0. The van der Waals surface area contributed by atoms with Crippen LogP contribution in [0, 0.1) is 18.3 Å². The number of carbonyl (C=O) groups is 2. The standard InChI is InChI=1S/C23H23ClN2O3/c1-3-29-22(28)18-12-23-15(10-11-25-18)7-5-9-19(23)26-13-17(23)21(27)16-8-4-6-14(2)20(16)24/h4-10,12,17,25-26H,3,11,13H2,1-2H3. The average molecular weight is 411 g/mol. The van der Waals surface area contributed by atoms with Crippen LogP contribution in [0.25, 0.3) is 0 Å². The molecule has 1 aromatic rings. The van der Waals surface area contributed by atoms with Crippen LogP contribution < -0.4 is 10.6 Å². The van der Waals surface area contributed by atoms with E-state index in [0.29, 0.717) is 29.4 Å². The normalized spacial score (nSPS) is 24.7. The molecule has 2 N–H and O–H groups in total. The molecular formula is C23H23ClN2O3. The lowest BCUT2D eigenvalue weighted by Gasteiger charge is -2.35. The van der Waals surface area contributed by atoms with Crippen molar-refractivity contribution in [1.29, 1.82) is 0 Å². The van der Waals surface area contributed by atoms with Crippen molar-refractivity contribution in [3.8, 4) is 0 Å². The first-order valence-electron chi connectivity index (χ1n) is 9.75. The van der Waals surface area contributed by atoms with Crippen LogP contribution in [0.5, 0.6) is 0 Å². The van der Waals surface area contributed by atoms with Gasteiger partial charge in [0.05, 0.1) is 23.0 Å². The zero-order chi connectivity index (χ0) is 20.6. The van der Waals surface area contributed by atoms with Crippen LogP contribution in [0.4, 0.5) is 0 Å². The lowest BCUT2D eigenvalue weighted by molar-refractivity contribution is -0.139. The monoisotopic (exact) mass is 410 g/mol. The van der Waals surface area contributed by atoms with Gasteiger partial charge in [-0.3, -0.25) is 4.79 Å². The molecule has 5 nitrogen and oxygen atoms in total. The molecule has 1 aliphatic carbocycles. The van der Waals surface area contributed by atoms with Gasteiger partial charge in [-0.25, -0.2) is 4.79 Å². The van der Waals surface area contributed by atoms with E-state index < -0.39 is 17.3 Å². The minimum Gasteiger partial charge on any atom is -0.461 e. The zero-order valence-electron chi connectivity index (χ0n) is 16.4. The van der Waals surface area contributed by atoms with Gasteiger partial charge in [-0.05, 0) is 43.2 Å². The number of Topliss-reactive ketones (excluding diaryl/α,β-unsaturated/α-hetero) is 1. The lowest BCUT2D eigenvalue weighted by atomic mass is 9.65. The van der Waals surface area contributed by atoms with Gasteiger partial charge in [-0.1, -0.05) is 42.0 Å². The molecule has 0 saturated carbocycles. The predicted octanol–water partition coefficient (Wildman–Crippen LogP) is 3.47. The number of nitrogens with one attached hydrogen (secondary N) is 2. The molecule has 0 bridgehead atoms. The average Bonchev–Trinajstić information content (AvgIpc) is 2.96. The second-order valence-corrected chi connectivity index (χ2v) is 7.74. The highest BCUT2D eigenvalue weighted by Crippen LogP contribution is 2.51. The maximum absolute atomic E-state index is 13.7. The molecule has 1 spiro atoms. The Labute approximate surface area is 175 Å². The summed E-state index contributed by atoms with van der Waals surface area (Å²) in [5.41, 5.74) is 2.86. The van der Waals surface area contributed by atoms with E-state index >= 15 is 0 Å². The van der Waals surface area contributed by atoms with Crippen molar-refractivity contribution in [3.05, 3.63) is 81.7 Å². The summed E-state index contributed by atoms with van der Waals surface area (Å²) >= 11 is 6.48. The number of halogens is 1. The number of rotatable bonds is 4. The molecule has 150 valence electrons. The van der Waals surface area contributed by atoms with Crippen molar-refractivity contribution in [1.82, 2.24) is 10.6 Å². The molecule has 1 fully saturated rings. The second-order valence-electron chi connectivity index (χ2n) is 7.36. The number of hydrogen-bond acceptors (Lipinski definition) is 5. The quantitative estimate of drug-likeness (QED) is 0.587. The number of benzene rings is 1. The molecule has 0 amide bonds. The first-order chi connectivity index (χ1) is 14.0. The molecule has 1 saturated heterocycles. The Kier molecular flexibility index (Phi) is 5.09. The molecular weight excluding hydrogens is 388 g/mol. The zero-order valence-corrected chi connectivity index (χ0v) is 17.2. The maximum atomic E-state index is 13.7. The fourth-order valence-electron chi connectivity index (χ4n) is 4.36. The molecule has 2 unspecified atom stereocenters. The highest BCUT2D eigenvalue weighted by molar-refractivity contribution is 6.34. The molecule has 1 aromatic carbocycles. The number of ketones is 1. The van der Waals surface area contributed by atoms with Crippen molar-refractivity contribution in [2.24, 2.45) is 11.3 Å². The van der Waals surface area contributed by atoms with E-state index in [4.69, 9.17) is 16.3 Å². The summed E-state index contributed by atoms with van der Waals surface area (Å²) in [6.07, 6.45) is 9.80. The number of hydrogen-bond donors (Lipinski definition) is 2. The third kappa shape index (κ3) is 3.10. The van der Waals surface area contributed by atoms with Gasteiger partial charge in [0.15, 0.2) is 5.78 Å². The first kappa shape index (κ1) is 19.5. The summed E-state index contributed by atoms with van der Waals surface area (Å²) in [5, 5.41) is 6.99. The summed E-state index contributed by atoms with van der Waals surface area (Å²) in [6.45, 7) is 4.88. The Balaban J connectivity index is 1.85. The van der Waals surface area contributed by atoms with Gasteiger partial charge >= 0.3 is 5.97 Å². The van der Waals surface area contributed by atoms with Crippen molar-refractivity contribution in [2.45, 2.75) is 13.8 Å². The predicted molar refractivity (Wildman–Crippen MR) is 112 cm³/mol. The SMILES string of the molecule is CCOC(=O)C1=CC23C(=CCN1)C=CC=C2NCC3C(=O)c1cccc(C)c1Cl. The van der Waals surface area contributed by atoms with Crippen LogP contribution in [-0.2, 0) is 9.53 Å². The Morgan fingerprint density at radius 3 is 2.93 bits per heavy atom. The smallest absolute Gasteiger partial charge is 0.354 e. The van der Waals surface area contributed by atoms with Gasteiger partial charge in [-0.15, -0.1) is 0 Å². The van der Waals surface area contributed by atoms with Crippen LogP contribution in [0.15, 0.2) is 65.5 Å². The van der Waals surface area contributed by atoms with Crippen molar-refractivity contribution < 1.29 is 14.3 Å². The van der Waals surface area contributed by atoms with Crippen LogP contribution in [0.2, 0.25) is 5.02 Å². The van der Waals surface area contributed by atoms with Gasteiger partial charge in [0.1, 0.15) is 5.70 Å². The van der Waals surface area contributed by atoms with Crippen LogP contribution >= 0.6 is 11.6 Å². The topological polar surface area (TPSA) is 67.4 Å². The van der Waals surface area contributed by atoms with E-state index in [1.165, 1.54) is 0 Å². The number of carbonyl (C=O) groups excluding carboxylic acids is 2. The Morgan fingerprint density at radius 1 is 1.31 bits per heavy atom. The Bertz CT molecular complexity index is 1010. The second kappa shape index (κ2) is 7.56. The van der Waals surface area contributed by atoms with Crippen LogP contribution in [0.3, 0.4) is 0 Å². The van der Waals surface area contributed by atoms with Gasteiger partial charge < -0.3 is 15.4 Å². The Hall–Kier alpha value is -2.79. The molecule has 3 aliphatic rings. The van der Waals surface area contributed by atoms with E-state index in [2.05, 4.69) is 10.6 Å². The van der Waals surface area contributed by atoms with Crippen molar-refractivity contribution >= 4 is 23.4 Å². The fourth-order valence-corrected chi connectivity index (χ4v) is 4.58. The number of esters is 1. The van der Waals surface area contributed by atoms with Gasteiger partial charge in [0.2, 0.25) is 0 Å². The molecule has 2 atom stereocenters. The van der Waals surface area contributed by atoms with Gasteiger partial charge in [0, 0.05) is 24.4 Å². The van der Waals surface area contributed by atoms with Gasteiger partial charge in [0.25, 0.3) is 0 Å². The van der Waals surface area contributed by atoms with Crippen LogP contribution in [0.1, 0.15) is 22.8 Å². The first-order valence-corrected chi connectivity index (χ1v) is 10.1. The minimum absolute atomic E-state index is 0.0443. The Morgan fingerprint density at radius 2 is 2.14 bits per heavy atom. The summed E-state index contributed by atoms with van der Waals surface area (Å²) in [4.78, 5) is 26.2. The van der Waals surface area contributed by atoms with Crippen molar-refractivity contribution in [2.75, 3.05) is 19.7 Å². The highest BCUT2D eigenvalue weighted by atomic mass is 35.5. The molecule has 2 heterocycles. The summed E-state index contributed by atoms with van der Waals surface area (Å²) in [5.74, 6) is -0.900. The number of aryl methyl sites for hydroxylation is 1. The minimum atomic E-state index is -0.759. The molecule has 0 radical (unpaired) electrons. The molecule has 0 aromatic heterocycles. The molecule has 4 rings (SSSR count). The maximum Gasteiger partial charge on any atom is 0.354 e. The molecule has 6 heteroatoms. The largest absolute Gasteiger partial charge is 0.461 e. The van der Waals surface area contributed by atoms with Crippen LogP contribution in [-0.4, -0.2) is 31.4 Å². The van der Waals surface area contributed by atoms with E-state index in [-0.39, 0.29) is 12.4 Å². The van der Waals surface area contributed by atoms with E-state index in [9.17, 15) is 9.59 Å².